The van der Waals surface area contributed by atoms with Gasteiger partial charge in [0, 0.05) is 30.2 Å². The van der Waals surface area contributed by atoms with E-state index in [-0.39, 0.29) is 5.66 Å². The van der Waals surface area contributed by atoms with Crippen molar-refractivity contribution in [2.24, 2.45) is 0 Å². The predicted molar refractivity (Wildman–Crippen MR) is 135 cm³/mol. The Kier molecular flexibility index (Phi) is 2.52. The topological polar surface area (TPSA) is 7.76 Å². The smallest absolute Gasteiger partial charge is 0.117 e. The molecular formula is C34H22N2+2. The minimum atomic E-state index is -0.296. The molecule has 36 heavy (non-hydrogen) atoms. The largest absolute Gasteiger partial charge is 0.417 e. The SMILES string of the molecule is c1cc2c3c(c1)Cc1ccc4[n+]5c1C3c1c(ccc3c1C51c5c(cccc5Cc5cccc-4[n+]51)C3)C2. The second-order valence-corrected chi connectivity index (χ2v) is 11.6. The van der Waals surface area contributed by atoms with E-state index in [1.54, 1.807) is 33.5 Å². The zero-order chi connectivity index (χ0) is 22.9. The third-order valence-corrected chi connectivity index (χ3v) is 10.2. The van der Waals surface area contributed by atoms with Crippen LogP contribution in [0.15, 0.2) is 78.9 Å². The second kappa shape index (κ2) is 5.22. The van der Waals surface area contributed by atoms with Crippen LogP contribution in [0.3, 0.4) is 0 Å². The van der Waals surface area contributed by atoms with E-state index in [2.05, 4.69) is 88.0 Å². The van der Waals surface area contributed by atoms with E-state index in [9.17, 15) is 0 Å². The van der Waals surface area contributed by atoms with E-state index in [4.69, 9.17) is 0 Å². The minimum Gasteiger partial charge on any atom is -0.117 e. The molecule has 2 heteroatoms. The Labute approximate surface area is 209 Å². The molecule has 0 fully saturated rings. The molecule has 3 aliphatic heterocycles. The summed E-state index contributed by atoms with van der Waals surface area (Å²) in [5, 5.41) is 0. The van der Waals surface area contributed by atoms with Gasteiger partial charge in [-0.25, -0.2) is 0 Å². The fourth-order valence-electron chi connectivity index (χ4n) is 9.29. The van der Waals surface area contributed by atoms with Gasteiger partial charge in [-0.05, 0) is 69.5 Å². The van der Waals surface area contributed by atoms with Gasteiger partial charge >= 0.3 is 5.66 Å². The van der Waals surface area contributed by atoms with E-state index in [1.807, 2.05) is 0 Å². The molecule has 0 bridgehead atoms. The van der Waals surface area contributed by atoms with Crippen LogP contribution in [0.2, 0.25) is 0 Å². The van der Waals surface area contributed by atoms with Gasteiger partial charge in [-0.3, -0.25) is 0 Å². The molecule has 3 aliphatic carbocycles. The highest BCUT2D eigenvalue weighted by molar-refractivity contribution is 5.70. The average molecular weight is 459 g/mol. The Bertz CT molecular complexity index is 1930. The van der Waals surface area contributed by atoms with Crippen LogP contribution < -0.4 is 9.13 Å². The van der Waals surface area contributed by atoms with Gasteiger partial charge in [0.15, 0.2) is 5.69 Å². The summed E-state index contributed by atoms with van der Waals surface area (Å²) in [6, 6.07) is 31.0. The Morgan fingerprint density at radius 1 is 0.500 bits per heavy atom. The molecule has 5 heterocycles. The number of pyridine rings is 2. The van der Waals surface area contributed by atoms with Crippen LogP contribution >= 0.6 is 0 Å². The van der Waals surface area contributed by atoms with Crippen LogP contribution in [0, 0.1) is 0 Å². The number of fused-ring (bicyclic) bond motifs is 1. The molecule has 1 spiro atoms. The maximum Gasteiger partial charge on any atom is 0.417 e. The van der Waals surface area contributed by atoms with Crippen molar-refractivity contribution in [3.63, 3.8) is 0 Å². The molecule has 2 atom stereocenters. The molecule has 166 valence electrons. The van der Waals surface area contributed by atoms with Crippen molar-refractivity contribution in [2.45, 2.75) is 37.3 Å². The second-order valence-electron chi connectivity index (χ2n) is 11.6. The predicted octanol–water partition coefficient (Wildman–Crippen LogP) is 4.65. The first-order valence-electron chi connectivity index (χ1n) is 13.3. The van der Waals surface area contributed by atoms with Gasteiger partial charge in [0.2, 0.25) is 5.69 Å². The molecule has 2 nitrogen and oxygen atoms in total. The maximum atomic E-state index is 2.83. The molecule has 6 aliphatic rings. The van der Waals surface area contributed by atoms with Gasteiger partial charge < -0.3 is 0 Å². The molecule has 0 amide bonds. The lowest BCUT2D eigenvalue weighted by atomic mass is 9.61. The van der Waals surface area contributed by atoms with Gasteiger partial charge in [-0.15, -0.1) is 9.13 Å². The van der Waals surface area contributed by atoms with Crippen molar-refractivity contribution >= 4 is 0 Å². The monoisotopic (exact) mass is 458 g/mol. The van der Waals surface area contributed by atoms with Gasteiger partial charge in [0.1, 0.15) is 11.1 Å². The van der Waals surface area contributed by atoms with Gasteiger partial charge in [-0.2, -0.15) is 0 Å². The van der Waals surface area contributed by atoms with E-state index in [1.165, 1.54) is 50.5 Å². The molecule has 0 N–H and O–H groups in total. The Hall–Kier alpha value is -4.04. The molecule has 0 saturated carbocycles. The summed E-state index contributed by atoms with van der Waals surface area (Å²) in [5.41, 5.74) is 22.5. The molecule has 2 aromatic heterocycles. The van der Waals surface area contributed by atoms with Crippen LogP contribution in [0.1, 0.15) is 78.5 Å². The fraction of sp³-hybridized carbons (Fsp3) is 0.176. The number of hydrogen-bond acceptors (Lipinski definition) is 0. The van der Waals surface area contributed by atoms with Gasteiger partial charge in [0.25, 0.3) is 11.4 Å². The molecule has 5 aromatic rings. The Balaban J connectivity index is 1.46. The zero-order valence-corrected chi connectivity index (χ0v) is 19.8. The number of benzene rings is 3. The third-order valence-electron chi connectivity index (χ3n) is 10.2. The molecule has 2 unspecified atom stereocenters. The van der Waals surface area contributed by atoms with Crippen molar-refractivity contribution in [3.05, 3.63) is 151 Å². The van der Waals surface area contributed by atoms with Crippen molar-refractivity contribution in [3.8, 4) is 11.4 Å². The van der Waals surface area contributed by atoms with Crippen LogP contribution in [0.25, 0.3) is 11.4 Å². The molecule has 11 rings (SSSR count). The summed E-state index contributed by atoms with van der Waals surface area (Å²) in [6.07, 6.45) is 4.15. The minimum absolute atomic E-state index is 0.296. The van der Waals surface area contributed by atoms with Crippen molar-refractivity contribution in [2.75, 3.05) is 0 Å². The quantitative estimate of drug-likeness (QED) is 0.292. The zero-order valence-electron chi connectivity index (χ0n) is 19.8. The summed E-state index contributed by atoms with van der Waals surface area (Å²) in [7, 11) is 0. The van der Waals surface area contributed by atoms with Crippen molar-refractivity contribution in [1.82, 2.24) is 0 Å². The Morgan fingerprint density at radius 2 is 1.11 bits per heavy atom. The van der Waals surface area contributed by atoms with Crippen LogP contribution in [-0.4, -0.2) is 0 Å². The summed E-state index contributed by atoms with van der Waals surface area (Å²) < 4.78 is 5.58. The van der Waals surface area contributed by atoms with E-state index in [0.717, 1.165) is 25.7 Å². The summed E-state index contributed by atoms with van der Waals surface area (Å²) in [6.45, 7) is 0. The summed E-state index contributed by atoms with van der Waals surface area (Å²) in [5.74, 6) is 0.346. The highest BCUT2D eigenvalue weighted by atomic mass is 15.4. The first-order chi connectivity index (χ1) is 17.8. The number of hydrogen-bond donors (Lipinski definition) is 0. The maximum absolute atomic E-state index is 2.83. The lowest BCUT2D eigenvalue weighted by Crippen LogP contribution is -2.78. The fourth-order valence-corrected chi connectivity index (χ4v) is 9.29. The first kappa shape index (κ1) is 17.4. The van der Waals surface area contributed by atoms with Gasteiger partial charge in [-0.1, -0.05) is 48.5 Å². The average Bonchev–Trinajstić information content (AvgIpc) is 3.21. The van der Waals surface area contributed by atoms with Crippen molar-refractivity contribution in [1.29, 1.82) is 0 Å². The molecule has 0 radical (unpaired) electrons. The lowest BCUT2D eigenvalue weighted by Gasteiger charge is -2.44. The van der Waals surface area contributed by atoms with Crippen LogP contribution in [-0.2, 0) is 31.3 Å². The highest BCUT2D eigenvalue weighted by Crippen LogP contribution is 2.58. The summed E-state index contributed by atoms with van der Waals surface area (Å²) in [4.78, 5) is 0. The van der Waals surface area contributed by atoms with Crippen LogP contribution in [0.4, 0.5) is 0 Å². The molecule has 3 aromatic carbocycles. The number of nitrogens with zero attached hydrogens (tertiary/aromatic N) is 2. The van der Waals surface area contributed by atoms with Crippen LogP contribution in [0.5, 0.6) is 0 Å². The van der Waals surface area contributed by atoms with E-state index < -0.39 is 0 Å². The summed E-state index contributed by atoms with van der Waals surface area (Å²) >= 11 is 0. The number of rotatable bonds is 0. The molecular weight excluding hydrogens is 436 g/mol. The van der Waals surface area contributed by atoms with Crippen molar-refractivity contribution < 1.29 is 9.13 Å². The first-order valence-corrected chi connectivity index (χ1v) is 13.3. The lowest BCUT2D eigenvalue weighted by molar-refractivity contribution is -0.947. The normalized spacial score (nSPS) is 22.4. The highest BCUT2D eigenvalue weighted by Gasteiger charge is 2.73. The third kappa shape index (κ3) is 1.53. The Morgan fingerprint density at radius 3 is 2.00 bits per heavy atom. The van der Waals surface area contributed by atoms with E-state index in [0.29, 0.717) is 5.92 Å². The van der Waals surface area contributed by atoms with E-state index >= 15 is 0 Å². The standard InChI is InChI=1S/C34H22N2/c1-4-18-14-20-10-11-23-16-21-6-2-7-22-17-25-8-3-9-26-27-13-12-24-15-19(5-1)28(18)30-29(20)32(23)34(31(21)22,35(25)26)36(27)33(24)30/h1-13,30H,14-17H2/q+2. The number of aromatic nitrogens is 2. The van der Waals surface area contributed by atoms with Gasteiger partial charge in [0.05, 0.1) is 12.3 Å². The molecule has 0 saturated heterocycles.